The van der Waals surface area contributed by atoms with Crippen LogP contribution in [0.15, 0.2) is 35.5 Å². The molecule has 3 unspecified atom stereocenters. The Hall–Kier alpha value is -2.12. The molecule has 1 aliphatic heterocycles. The summed E-state index contributed by atoms with van der Waals surface area (Å²) in [5.41, 5.74) is 1.13. The summed E-state index contributed by atoms with van der Waals surface area (Å²) < 4.78 is 5.81. The summed E-state index contributed by atoms with van der Waals surface area (Å²) in [4.78, 5) is 14.1. The zero-order chi connectivity index (χ0) is 20.8. The number of nitrogens with zero attached hydrogens (tertiary/aromatic N) is 3. The van der Waals surface area contributed by atoms with Gasteiger partial charge in [0.2, 0.25) is 0 Å². The molecule has 2 aromatic rings. The lowest BCUT2D eigenvalue weighted by atomic mass is 10.2. The molecule has 2 aromatic heterocycles. The number of thiophene rings is 1. The van der Waals surface area contributed by atoms with Gasteiger partial charge in [0.25, 0.3) is 0 Å². The molecule has 0 aliphatic carbocycles. The molecule has 0 radical (unpaired) electrons. The molecule has 1 aliphatic rings. The van der Waals surface area contributed by atoms with Gasteiger partial charge in [-0.05, 0) is 51.5 Å². The summed E-state index contributed by atoms with van der Waals surface area (Å²) in [6.45, 7) is 11.0. The van der Waals surface area contributed by atoms with Gasteiger partial charge in [0.1, 0.15) is 5.82 Å². The predicted molar refractivity (Wildman–Crippen MR) is 122 cm³/mol. The molecule has 1 saturated heterocycles. The van der Waals surface area contributed by atoms with Crippen LogP contribution < -0.4 is 15.5 Å². The van der Waals surface area contributed by atoms with Gasteiger partial charge < -0.3 is 20.3 Å². The van der Waals surface area contributed by atoms with Crippen molar-refractivity contribution in [1.29, 1.82) is 0 Å². The van der Waals surface area contributed by atoms with E-state index >= 15 is 0 Å². The van der Waals surface area contributed by atoms with Gasteiger partial charge in [-0.15, -0.1) is 11.3 Å². The number of aryl methyl sites for hydroxylation is 1. The van der Waals surface area contributed by atoms with Gasteiger partial charge in [-0.2, -0.15) is 0 Å². The van der Waals surface area contributed by atoms with E-state index in [0.29, 0.717) is 12.6 Å². The number of aliphatic imine (C=N–C) groups is 1. The topological polar surface area (TPSA) is 61.8 Å². The smallest absolute Gasteiger partial charge is 0.191 e. The molecular formula is C22H33N5OS. The van der Waals surface area contributed by atoms with Gasteiger partial charge in [0, 0.05) is 55.1 Å². The highest BCUT2D eigenvalue weighted by Crippen LogP contribution is 2.19. The molecular weight excluding hydrogens is 382 g/mol. The first-order valence-corrected chi connectivity index (χ1v) is 11.1. The first kappa shape index (κ1) is 21.6. The highest BCUT2D eigenvalue weighted by atomic mass is 32.1. The Morgan fingerprint density at radius 2 is 2.03 bits per heavy atom. The highest BCUT2D eigenvalue weighted by molar-refractivity contribution is 7.11. The molecule has 3 rings (SSSR count). The van der Waals surface area contributed by atoms with Gasteiger partial charge in [-0.25, -0.2) is 4.98 Å². The van der Waals surface area contributed by atoms with E-state index in [1.54, 1.807) is 7.05 Å². The molecule has 1 fully saturated rings. The predicted octanol–water partition coefficient (Wildman–Crippen LogP) is 3.36. The van der Waals surface area contributed by atoms with Crippen molar-refractivity contribution < 1.29 is 4.74 Å². The number of guanidine groups is 1. The summed E-state index contributed by atoms with van der Waals surface area (Å²) in [5.74, 6) is 1.82. The summed E-state index contributed by atoms with van der Waals surface area (Å²) in [7, 11) is 1.81. The molecule has 29 heavy (non-hydrogen) atoms. The van der Waals surface area contributed by atoms with Crippen LogP contribution in [-0.4, -0.2) is 49.3 Å². The van der Waals surface area contributed by atoms with Crippen LogP contribution in [0, 0.1) is 6.92 Å². The van der Waals surface area contributed by atoms with Crippen LogP contribution in [0.2, 0.25) is 0 Å². The molecule has 7 heteroatoms. The number of nitrogens with one attached hydrogen (secondary N) is 2. The van der Waals surface area contributed by atoms with E-state index in [1.807, 2.05) is 17.5 Å². The van der Waals surface area contributed by atoms with E-state index in [-0.39, 0.29) is 12.2 Å². The van der Waals surface area contributed by atoms with Crippen molar-refractivity contribution in [3.05, 3.63) is 45.8 Å². The van der Waals surface area contributed by atoms with Gasteiger partial charge in [0.05, 0.1) is 12.2 Å². The quantitative estimate of drug-likeness (QED) is 0.560. The molecule has 0 spiro atoms. The fraction of sp³-hybridized carbons (Fsp3) is 0.545. The minimum Gasteiger partial charge on any atom is -0.372 e. The highest BCUT2D eigenvalue weighted by Gasteiger charge is 2.22. The van der Waals surface area contributed by atoms with Crippen molar-refractivity contribution in [2.24, 2.45) is 4.99 Å². The molecule has 3 heterocycles. The Balaban J connectivity index is 1.49. The first-order chi connectivity index (χ1) is 13.9. The second kappa shape index (κ2) is 10.1. The zero-order valence-electron chi connectivity index (χ0n) is 18.1. The van der Waals surface area contributed by atoms with Crippen molar-refractivity contribution in [2.75, 3.05) is 25.0 Å². The molecule has 158 valence electrons. The number of morpholine rings is 1. The van der Waals surface area contributed by atoms with Crippen molar-refractivity contribution in [2.45, 2.75) is 58.9 Å². The molecule has 0 saturated carbocycles. The van der Waals surface area contributed by atoms with E-state index < -0.39 is 0 Å². The SMILES string of the molecule is CN=C(NCc1ccc(N2CC(C)OC(C)C2)nc1)NC(C)Cc1ccc(C)s1. The second-order valence-corrected chi connectivity index (χ2v) is 9.25. The van der Waals surface area contributed by atoms with Crippen LogP contribution in [-0.2, 0) is 17.7 Å². The summed E-state index contributed by atoms with van der Waals surface area (Å²) >= 11 is 1.85. The van der Waals surface area contributed by atoms with Gasteiger partial charge in [-0.1, -0.05) is 6.07 Å². The average molecular weight is 416 g/mol. The zero-order valence-corrected chi connectivity index (χ0v) is 18.9. The van der Waals surface area contributed by atoms with Crippen LogP contribution in [0.5, 0.6) is 0 Å². The third-order valence-electron chi connectivity index (χ3n) is 4.92. The standard InChI is InChI=1S/C22H33N5OS/c1-15(10-20-8-6-18(4)29-20)26-22(23-5)25-12-19-7-9-21(24-11-19)27-13-16(2)28-17(3)14-27/h6-9,11,15-17H,10,12-14H2,1-5H3,(H2,23,25,26). The van der Waals surface area contributed by atoms with Crippen LogP contribution in [0.1, 0.15) is 36.1 Å². The first-order valence-electron chi connectivity index (χ1n) is 10.3. The summed E-state index contributed by atoms with van der Waals surface area (Å²) in [5, 5.41) is 6.86. The number of hydrogen-bond donors (Lipinski definition) is 2. The fourth-order valence-corrected chi connectivity index (χ4v) is 4.65. The van der Waals surface area contributed by atoms with Crippen LogP contribution in [0.25, 0.3) is 0 Å². The minimum absolute atomic E-state index is 0.233. The van der Waals surface area contributed by atoms with Crippen LogP contribution in [0.3, 0.4) is 0 Å². The van der Waals surface area contributed by atoms with E-state index in [9.17, 15) is 0 Å². The summed E-state index contributed by atoms with van der Waals surface area (Å²) in [6.07, 6.45) is 3.40. The number of aromatic nitrogens is 1. The van der Waals surface area contributed by atoms with E-state index in [4.69, 9.17) is 4.74 Å². The number of hydrogen-bond acceptors (Lipinski definition) is 5. The van der Waals surface area contributed by atoms with E-state index in [2.05, 4.69) is 77.5 Å². The fourth-order valence-electron chi connectivity index (χ4n) is 3.63. The minimum atomic E-state index is 0.233. The van der Waals surface area contributed by atoms with Gasteiger partial charge in [0.15, 0.2) is 5.96 Å². The maximum atomic E-state index is 5.81. The second-order valence-electron chi connectivity index (χ2n) is 7.87. The van der Waals surface area contributed by atoms with E-state index in [1.165, 1.54) is 9.75 Å². The normalized spacial score (nSPS) is 21.1. The Bertz CT molecular complexity index is 794. The molecule has 6 nitrogen and oxygen atoms in total. The number of ether oxygens (including phenoxy) is 1. The Labute approximate surface area is 178 Å². The van der Waals surface area contributed by atoms with Crippen molar-refractivity contribution in [1.82, 2.24) is 15.6 Å². The molecule has 2 N–H and O–H groups in total. The van der Waals surface area contributed by atoms with Crippen LogP contribution in [0.4, 0.5) is 5.82 Å². The maximum Gasteiger partial charge on any atom is 0.191 e. The third kappa shape index (κ3) is 6.44. The van der Waals surface area contributed by atoms with Crippen molar-refractivity contribution in [3.8, 4) is 0 Å². The van der Waals surface area contributed by atoms with Gasteiger partial charge in [-0.3, -0.25) is 4.99 Å². The lowest BCUT2D eigenvalue weighted by molar-refractivity contribution is -0.00545. The molecule has 0 aromatic carbocycles. The largest absolute Gasteiger partial charge is 0.372 e. The molecule has 0 amide bonds. The monoisotopic (exact) mass is 415 g/mol. The van der Waals surface area contributed by atoms with E-state index in [0.717, 1.165) is 36.9 Å². The molecule has 0 bridgehead atoms. The Morgan fingerprint density at radius 1 is 1.28 bits per heavy atom. The Kier molecular flexibility index (Phi) is 7.50. The lowest BCUT2D eigenvalue weighted by Crippen LogP contribution is -2.45. The van der Waals surface area contributed by atoms with Crippen molar-refractivity contribution in [3.63, 3.8) is 0 Å². The Morgan fingerprint density at radius 3 is 2.62 bits per heavy atom. The number of rotatable bonds is 6. The van der Waals surface area contributed by atoms with Crippen LogP contribution >= 0.6 is 11.3 Å². The number of anilines is 1. The van der Waals surface area contributed by atoms with Gasteiger partial charge >= 0.3 is 0 Å². The molecule has 3 atom stereocenters. The third-order valence-corrected chi connectivity index (χ3v) is 5.95. The number of pyridine rings is 1. The maximum absolute atomic E-state index is 5.81. The average Bonchev–Trinajstić information content (AvgIpc) is 3.09. The summed E-state index contributed by atoms with van der Waals surface area (Å²) in [6, 6.07) is 8.92. The lowest BCUT2D eigenvalue weighted by Gasteiger charge is -2.36. The van der Waals surface area contributed by atoms with Crippen molar-refractivity contribution >= 4 is 23.1 Å².